The Kier molecular flexibility index (Phi) is 18.7. The first-order chi connectivity index (χ1) is 44.2. The van der Waals surface area contributed by atoms with Crippen molar-refractivity contribution in [3.63, 3.8) is 0 Å². The van der Waals surface area contributed by atoms with Crippen molar-refractivity contribution in [1.29, 1.82) is 0 Å². The van der Waals surface area contributed by atoms with Gasteiger partial charge in [-0.1, -0.05) is 277 Å². The maximum absolute atomic E-state index is 2.71. The molecule has 0 heteroatoms. The quantitative estimate of drug-likeness (QED) is 0.0507. The second kappa shape index (κ2) is 26.2. The molecule has 0 saturated carbocycles. The van der Waals surface area contributed by atoms with E-state index in [0.717, 1.165) is 32.1 Å². The molecule has 8 atom stereocenters. The summed E-state index contributed by atoms with van der Waals surface area (Å²) in [5, 5.41) is 0. The van der Waals surface area contributed by atoms with Gasteiger partial charge < -0.3 is 0 Å². The Morgan fingerprint density at radius 2 is 0.435 bits per heavy atom. The third-order valence-electron chi connectivity index (χ3n) is 25.0. The molecular formula is C92H114. The largest absolute Gasteiger partial charge is 0.0651 e. The van der Waals surface area contributed by atoms with Crippen LogP contribution in [-0.4, -0.2) is 0 Å². The molecule has 4 aliphatic rings. The van der Waals surface area contributed by atoms with Gasteiger partial charge in [-0.2, -0.15) is 0 Å². The van der Waals surface area contributed by atoms with E-state index >= 15 is 0 Å². The van der Waals surface area contributed by atoms with E-state index in [9.17, 15) is 0 Å². The van der Waals surface area contributed by atoms with Crippen LogP contribution in [0.1, 0.15) is 257 Å². The van der Waals surface area contributed by atoms with E-state index in [1.807, 2.05) is 0 Å². The van der Waals surface area contributed by atoms with Crippen LogP contribution in [0.5, 0.6) is 0 Å². The zero-order chi connectivity index (χ0) is 65.2. The smallest absolute Gasteiger partial charge is 0.0220 e. The molecule has 8 aromatic carbocycles. The highest BCUT2D eigenvalue weighted by atomic mass is 14.5. The fourth-order valence-corrected chi connectivity index (χ4v) is 19.1. The molecule has 0 amide bonds. The van der Waals surface area contributed by atoms with Crippen LogP contribution in [0.3, 0.4) is 0 Å². The van der Waals surface area contributed by atoms with Crippen molar-refractivity contribution in [2.75, 3.05) is 0 Å². The molecule has 0 N–H and O–H groups in total. The van der Waals surface area contributed by atoms with Gasteiger partial charge in [0.15, 0.2) is 0 Å². The van der Waals surface area contributed by atoms with Crippen LogP contribution in [0.15, 0.2) is 152 Å². The maximum Gasteiger partial charge on any atom is 0.0220 e. The number of hydrogen-bond acceptors (Lipinski definition) is 0. The van der Waals surface area contributed by atoms with Crippen molar-refractivity contribution in [1.82, 2.24) is 0 Å². The van der Waals surface area contributed by atoms with Crippen molar-refractivity contribution < 1.29 is 0 Å². The Labute approximate surface area is 559 Å². The molecule has 0 fully saturated rings. The molecule has 0 bridgehead atoms. The highest BCUT2D eigenvalue weighted by Gasteiger charge is 2.50. The lowest BCUT2D eigenvalue weighted by Crippen LogP contribution is -2.30. The molecular weight excluding hydrogens is 1110 g/mol. The van der Waals surface area contributed by atoms with Gasteiger partial charge in [0, 0.05) is 21.7 Å². The Hall–Kier alpha value is -6.24. The van der Waals surface area contributed by atoms with Crippen molar-refractivity contribution >= 4 is 0 Å². The molecule has 482 valence electrons. The third kappa shape index (κ3) is 11.3. The van der Waals surface area contributed by atoms with Gasteiger partial charge in [-0.05, 0) is 264 Å². The van der Waals surface area contributed by atoms with Crippen molar-refractivity contribution in [2.45, 2.75) is 236 Å². The summed E-state index contributed by atoms with van der Waals surface area (Å²) in [4.78, 5) is 0. The molecule has 8 aromatic rings. The normalized spacial score (nSPS) is 18.8. The predicted octanol–water partition coefficient (Wildman–Crippen LogP) is 27.2. The van der Waals surface area contributed by atoms with Crippen LogP contribution < -0.4 is 0 Å². The molecule has 0 spiro atoms. The third-order valence-corrected chi connectivity index (χ3v) is 25.0. The first-order valence-electron chi connectivity index (χ1n) is 37.3. The highest BCUT2D eigenvalue weighted by molar-refractivity contribution is 5.91. The Morgan fingerprint density at radius 3 is 0.674 bits per heavy atom. The molecule has 0 radical (unpaired) electrons. The summed E-state index contributed by atoms with van der Waals surface area (Å²) in [6.45, 7) is 41.7. The summed E-state index contributed by atoms with van der Waals surface area (Å²) >= 11 is 0. The Bertz CT molecular complexity index is 3950. The highest BCUT2D eigenvalue weighted by Crippen LogP contribution is 2.62. The first kappa shape index (κ1) is 65.8. The van der Waals surface area contributed by atoms with Gasteiger partial charge in [0.2, 0.25) is 0 Å². The zero-order valence-electron chi connectivity index (χ0n) is 60.2. The van der Waals surface area contributed by atoms with E-state index < -0.39 is 0 Å². The van der Waals surface area contributed by atoms with Gasteiger partial charge in [0.05, 0.1) is 0 Å². The summed E-state index contributed by atoms with van der Waals surface area (Å²) in [5.74, 6) is 4.74. The number of rotatable bonds is 26. The predicted molar refractivity (Wildman–Crippen MR) is 400 cm³/mol. The second-order valence-electron chi connectivity index (χ2n) is 32.1. The minimum Gasteiger partial charge on any atom is -0.0651 e. The van der Waals surface area contributed by atoms with Crippen LogP contribution >= 0.6 is 0 Å². The van der Waals surface area contributed by atoms with Gasteiger partial charge in [0.25, 0.3) is 0 Å². The summed E-state index contributed by atoms with van der Waals surface area (Å²) in [7, 11) is 0. The second-order valence-corrected chi connectivity index (χ2v) is 32.1. The minimum absolute atomic E-state index is 0.000907. The molecule has 0 aliphatic heterocycles. The average molecular weight is 1220 g/mol. The van der Waals surface area contributed by atoms with Crippen LogP contribution in [0.25, 0.3) is 77.9 Å². The van der Waals surface area contributed by atoms with Gasteiger partial charge in [-0.3, -0.25) is 0 Å². The molecule has 1 unspecified atom stereocenters. The van der Waals surface area contributed by atoms with Crippen LogP contribution in [-0.2, 0) is 21.7 Å². The fourth-order valence-electron chi connectivity index (χ4n) is 19.1. The van der Waals surface area contributed by atoms with Crippen molar-refractivity contribution in [3.8, 4) is 77.9 Å². The molecule has 12 rings (SSSR count). The lowest BCUT2D eigenvalue weighted by atomic mass is 9.65. The first-order valence-corrected chi connectivity index (χ1v) is 37.3. The summed E-state index contributed by atoms with van der Waals surface area (Å²) in [6.07, 6.45) is 17.6. The van der Waals surface area contributed by atoms with E-state index in [-0.39, 0.29) is 21.7 Å². The van der Waals surface area contributed by atoms with Gasteiger partial charge >= 0.3 is 0 Å². The number of aryl methyl sites for hydroxylation is 1. The lowest BCUT2D eigenvalue weighted by Gasteiger charge is -2.38. The van der Waals surface area contributed by atoms with E-state index in [0.29, 0.717) is 47.3 Å². The number of fused-ring (bicyclic) bond motifs is 12. The summed E-state index contributed by atoms with van der Waals surface area (Å²) in [6, 6.07) is 63.1. The topological polar surface area (TPSA) is 0 Å². The fraction of sp³-hybridized carbons (Fsp3) is 0.478. The minimum atomic E-state index is -0.119. The lowest BCUT2D eigenvalue weighted by molar-refractivity contribution is 0.308. The molecule has 4 aliphatic carbocycles. The monoisotopic (exact) mass is 1220 g/mol. The van der Waals surface area contributed by atoms with E-state index in [1.54, 1.807) is 44.5 Å². The van der Waals surface area contributed by atoms with Crippen molar-refractivity contribution in [2.24, 2.45) is 47.3 Å². The Morgan fingerprint density at radius 1 is 0.228 bits per heavy atom. The van der Waals surface area contributed by atoms with E-state index in [2.05, 4.69) is 269 Å². The van der Waals surface area contributed by atoms with Gasteiger partial charge in [-0.25, -0.2) is 0 Å². The summed E-state index contributed by atoms with van der Waals surface area (Å²) in [5.41, 5.74) is 33.4. The average Bonchev–Trinajstić information content (AvgIpc) is 1.58. The Balaban J connectivity index is 0.984. The SMILES string of the molecule is CC[C@H](C)CC1(CC(C)C)c2ccccc2-c2ccc(-c3ccc4c(c3)C(C[C@@H](C)CC)(C[C@@H](C)CC)c3cc(-c5ccc6c(c5)C(C[C@@H](C)CC)(C[C@@H](C)CC)c5cc(-c7ccc8c(c7)C(C[C@@H](C)CC)(C[C@@H](C)CC)c7cc(C)ccc7-8)ccc5-6)ccc3-4)cc21. The standard InChI is InChI=1S/C92H114/c1-18-59(10)51-89(50-58(8)9)81-28-26-25-27-73(81)75-37-30-67(44-83(75)89)69-32-39-77-79-41-34-71(48-87(79)91(85(77)46-69,54-62(13)21-4)55-63(14)22-5)72-35-42-80-78-40-33-70(47-86(78)92(88(80)49-72,56-64(15)23-6)57-65(16)24-7)68-31-38-76-74-36-29-66(17)43-82(74)90(84(76)45-68,52-60(11)19-2)53-61(12)20-3/h25-49,58-65H,18-24,50-57H2,1-17H3/t59-,60-,61-,62-,63-,64-,65-,89?/m0/s1. The molecule has 0 heterocycles. The number of benzene rings is 8. The van der Waals surface area contributed by atoms with Crippen molar-refractivity contribution in [3.05, 3.63) is 202 Å². The number of hydrogen-bond donors (Lipinski definition) is 0. The molecule has 0 saturated heterocycles. The van der Waals surface area contributed by atoms with E-state index in [4.69, 9.17) is 0 Å². The maximum atomic E-state index is 2.71. The van der Waals surface area contributed by atoms with E-state index in [1.165, 1.54) is 148 Å². The van der Waals surface area contributed by atoms with Crippen LogP contribution in [0, 0.1) is 54.3 Å². The van der Waals surface area contributed by atoms with Gasteiger partial charge in [0.1, 0.15) is 0 Å². The molecule has 92 heavy (non-hydrogen) atoms. The molecule has 0 aromatic heterocycles. The summed E-state index contributed by atoms with van der Waals surface area (Å²) < 4.78 is 0. The molecule has 0 nitrogen and oxygen atoms in total. The zero-order valence-corrected chi connectivity index (χ0v) is 60.2. The van der Waals surface area contributed by atoms with Crippen LogP contribution in [0.4, 0.5) is 0 Å². The van der Waals surface area contributed by atoms with Gasteiger partial charge in [-0.15, -0.1) is 0 Å². The van der Waals surface area contributed by atoms with Crippen LogP contribution in [0.2, 0.25) is 0 Å².